The number of nitrogens with one attached hydrogen (secondary N) is 1. The van der Waals surface area contributed by atoms with Crippen LogP contribution in [0.15, 0.2) is 23.1 Å². The summed E-state index contributed by atoms with van der Waals surface area (Å²) < 4.78 is 41.0. The van der Waals surface area contributed by atoms with Gasteiger partial charge < -0.3 is 5.73 Å². The molecule has 4 nitrogen and oxygen atoms in total. The van der Waals surface area contributed by atoms with Gasteiger partial charge in [0.15, 0.2) is 0 Å². The summed E-state index contributed by atoms with van der Waals surface area (Å²) in [5.41, 5.74) is 5.79. The van der Waals surface area contributed by atoms with Gasteiger partial charge in [0, 0.05) is 18.2 Å². The fourth-order valence-electron chi connectivity index (χ4n) is 2.96. The monoisotopic (exact) mass is 314 g/mol. The number of benzene rings is 1. The largest absolute Gasteiger partial charge is 0.326 e. The van der Waals surface area contributed by atoms with Gasteiger partial charge in [-0.2, -0.15) is 0 Å². The minimum absolute atomic E-state index is 0.0222. The van der Waals surface area contributed by atoms with E-state index in [4.69, 9.17) is 5.73 Å². The lowest BCUT2D eigenvalue weighted by atomic mass is 9.75. The second kappa shape index (κ2) is 6.02. The number of halogens is 1. The van der Waals surface area contributed by atoms with Crippen molar-refractivity contribution in [1.29, 1.82) is 0 Å². The highest BCUT2D eigenvalue weighted by Gasteiger charge is 2.30. The standard InChI is InChI=1S/C15H23FN2O2S/c1-15(2)7-3-4-12(9-15)18-21(19,20)13-5-6-14(16)11(8-13)10-17/h5-6,8,12,18H,3-4,7,9-10,17H2,1-2H3. The Morgan fingerprint density at radius 2 is 2.14 bits per heavy atom. The zero-order chi connectivity index (χ0) is 15.7. The third kappa shape index (κ3) is 4.02. The zero-order valence-electron chi connectivity index (χ0n) is 12.5. The molecule has 1 aliphatic rings. The fraction of sp³-hybridized carbons (Fsp3) is 0.600. The number of sulfonamides is 1. The van der Waals surface area contributed by atoms with Crippen LogP contribution < -0.4 is 10.5 Å². The molecular weight excluding hydrogens is 291 g/mol. The maximum atomic E-state index is 13.4. The van der Waals surface area contributed by atoms with Crippen LogP contribution in [0.25, 0.3) is 0 Å². The van der Waals surface area contributed by atoms with E-state index in [2.05, 4.69) is 18.6 Å². The molecule has 1 saturated carbocycles. The highest BCUT2D eigenvalue weighted by molar-refractivity contribution is 7.89. The lowest BCUT2D eigenvalue weighted by Crippen LogP contribution is -2.40. The van der Waals surface area contributed by atoms with Gasteiger partial charge in [-0.3, -0.25) is 0 Å². The molecule has 1 unspecified atom stereocenters. The van der Waals surface area contributed by atoms with Crippen molar-refractivity contribution in [3.05, 3.63) is 29.6 Å². The van der Waals surface area contributed by atoms with Crippen LogP contribution in [0, 0.1) is 11.2 Å². The van der Waals surface area contributed by atoms with Gasteiger partial charge in [0.1, 0.15) is 5.82 Å². The van der Waals surface area contributed by atoms with Crippen LogP contribution in [0.2, 0.25) is 0 Å². The first-order valence-corrected chi connectivity index (χ1v) is 8.73. The molecule has 1 aromatic rings. The van der Waals surface area contributed by atoms with Gasteiger partial charge in [0.25, 0.3) is 0 Å². The third-order valence-corrected chi connectivity index (χ3v) is 5.59. The summed E-state index contributed by atoms with van der Waals surface area (Å²) in [6, 6.07) is 3.68. The molecule has 0 amide bonds. The predicted molar refractivity (Wildman–Crippen MR) is 80.6 cm³/mol. The van der Waals surface area contributed by atoms with E-state index in [0.29, 0.717) is 0 Å². The van der Waals surface area contributed by atoms with Crippen molar-refractivity contribution in [2.45, 2.75) is 57.0 Å². The molecule has 1 aromatic carbocycles. The third-order valence-electron chi connectivity index (χ3n) is 4.07. The molecule has 0 saturated heterocycles. The summed E-state index contributed by atoms with van der Waals surface area (Å²) in [6.45, 7) is 4.28. The van der Waals surface area contributed by atoms with Gasteiger partial charge in [-0.05, 0) is 42.9 Å². The van der Waals surface area contributed by atoms with Crippen molar-refractivity contribution in [3.8, 4) is 0 Å². The van der Waals surface area contributed by atoms with E-state index in [9.17, 15) is 12.8 Å². The number of rotatable bonds is 4. The van der Waals surface area contributed by atoms with Gasteiger partial charge in [-0.15, -0.1) is 0 Å². The maximum Gasteiger partial charge on any atom is 0.240 e. The summed E-state index contributed by atoms with van der Waals surface area (Å²) in [4.78, 5) is 0.0766. The molecule has 1 atom stereocenters. The highest BCUT2D eigenvalue weighted by Crippen LogP contribution is 2.35. The summed E-state index contributed by atoms with van der Waals surface area (Å²) in [7, 11) is -3.63. The number of hydrogen-bond acceptors (Lipinski definition) is 3. The molecule has 1 aliphatic carbocycles. The first-order valence-electron chi connectivity index (χ1n) is 7.24. The Bertz CT molecular complexity index is 614. The number of hydrogen-bond donors (Lipinski definition) is 2. The molecule has 118 valence electrons. The van der Waals surface area contributed by atoms with Crippen LogP contribution in [-0.4, -0.2) is 14.5 Å². The lowest BCUT2D eigenvalue weighted by molar-refractivity contribution is 0.212. The Morgan fingerprint density at radius 3 is 2.76 bits per heavy atom. The minimum Gasteiger partial charge on any atom is -0.326 e. The predicted octanol–water partition coefficient (Wildman–Crippen LogP) is 2.53. The van der Waals surface area contributed by atoms with Crippen LogP contribution >= 0.6 is 0 Å². The first-order chi connectivity index (χ1) is 9.73. The van der Waals surface area contributed by atoms with Gasteiger partial charge in [0.05, 0.1) is 4.90 Å². The molecule has 0 spiro atoms. The van der Waals surface area contributed by atoms with E-state index in [1.165, 1.54) is 12.1 Å². The van der Waals surface area contributed by atoms with E-state index in [1.54, 1.807) is 0 Å². The van der Waals surface area contributed by atoms with Crippen molar-refractivity contribution in [1.82, 2.24) is 4.72 Å². The molecule has 0 aromatic heterocycles. The maximum absolute atomic E-state index is 13.4. The Balaban J connectivity index is 2.18. The van der Waals surface area contributed by atoms with Crippen molar-refractivity contribution in [2.24, 2.45) is 11.1 Å². The SMILES string of the molecule is CC1(C)CCCC(NS(=O)(=O)c2ccc(F)c(CN)c2)C1. The summed E-state index contributed by atoms with van der Waals surface area (Å²) >= 11 is 0. The first kappa shape index (κ1) is 16.4. The molecule has 21 heavy (non-hydrogen) atoms. The minimum atomic E-state index is -3.63. The Kier molecular flexibility index (Phi) is 4.70. The average molecular weight is 314 g/mol. The Labute approximate surface area is 126 Å². The van der Waals surface area contributed by atoms with Crippen LogP contribution in [0.4, 0.5) is 4.39 Å². The van der Waals surface area contributed by atoms with E-state index in [1.807, 2.05) is 0 Å². The van der Waals surface area contributed by atoms with Crippen LogP contribution in [0.1, 0.15) is 45.1 Å². The van der Waals surface area contributed by atoms with Gasteiger partial charge in [0.2, 0.25) is 10.0 Å². The lowest BCUT2D eigenvalue weighted by Gasteiger charge is -2.35. The van der Waals surface area contributed by atoms with Crippen molar-refractivity contribution in [2.75, 3.05) is 0 Å². The molecule has 1 fully saturated rings. The molecule has 0 heterocycles. The Hall–Kier alpha value is -0.980. The van der Waals surface area contributed by atoms with E-state index in [-0.39, 0.29) is 28.5 Å². The van der Waals surface area contributed by atoms with Gasteiger partial charge >= 0.3 is 0 Å². The molecule has 0 radical (unpaired) electrons. The average Bonchev–Trinajstić information content (AvgIpc) is 2.37. The topological polar surface area (TPSA) is 72.2 Å². The summed E-state index contributed by atoms with van der Waals surface area (Å²) in [6.07, 6.45) is 3.78. The van der Waals surface area contributed by atoms with E-state index in [0.717, 1.165) is 31.7 Å². The Morgan fingerprint density at radius 1 is 1.43 bits per heavy atom. The summed E-state index contributed by atoms with van der Waals surface area (Å²) in [5.74, 6) is -0.477. The molecule has 0 aliphatic heterocycles. The normalized spacial score (nSPS) is 22.2. The van der Waals surface area contributed by atoms with E-state index < -0.39 is 15.8 Å². The highest BCUT2D eigenvalue weighted by atomic mass is 32.2. The van der Waals surface area contributed by atoms with Crippen molar-refractivity contribution in [3.63, 3.8) is 0 Å². The van der Waals surface area contributed by atoms with Crippen LogP contribution in [0.3, 0.4) is 0 Å². The number of nitrogens with two attached hydrogens (primary N) is 1. The summed E-state index contributed by atoms with van der Waals surface area (Å²) in [5, 5.41) is 0. The second-order valence-electron chi connectivity index (χ2n) is 6.54. The smallest absolute Gasteiger partial charge is 0.240 e. The molecular formula is C15H23FN2O2S. The zero-order valence-corrected chi connectivity index (χ0v) is 13.3. The van der Waals surface area contributed by atoms with Gasteiger partial charge in [-0.1, -0.05) is 20.3 Å². The van der Waals surface area contributed by atoms with Crippen LogP contribution in [-0.2, 0) is 16.6 Å². The van der Waals surface area contributed by atoms with Crippen LogP contribution in [0.5, 0.6) is 0 Å². The molecule has 3 N–H and O–H groups in total. The van der Waals surface area contributed by atoms with Gasteiger partial charge in [-0.25, -0.2) is 17.5 Å². The van der Waals surface area contributed by atoms with Crippen molar-refractivity contribution >= 4 is 10.0 Å². The second-order valence-corrected chi connectivity index (χ2v) is 8.25. The molecule has 2 rings (SSSR count). The van der Waals surface area contributed by atoms with E-state index >= 15 is 0 Å². The quantitative estimate of drug-likeness (QED) is 0.897. The molecule has 6 heteroatoms. The molecule has 0 bridgehead atoms. The fourth-order valence-corrected chi connectivity index (χ4v) is 4.28. The van der Waals surface area contributed by atoms with Crippen molar-refractivity contribution < 1.29 is 12.8 Å².